The van der Waals surface area contributed by atoms with Crippen LogP contribution in [0.4, 0.5) is 0 Å². The number of rotatable bonds is 8. The first-order chi connectivity index (χ1) is 10.7. The molecule has 0 saturated carbocycles. The Morgan fingerprint density at radius 1 is 1.27 bits per heavy atom. The van der Waals surface area contributed by atoms with Crippen molar-refractivity contribution in [3.63, 3.8) is 0 Å². The number of hydrogen-bond donors (Lipinski definition) is 2. The molecule has 2 aromatic rings. The summed E-state index contributed by atoms with van der Waals surface area (Å²) in [6.45, 7) is 2.58. The molecular formula is C18H24N2OS. The highest BCUT2D eigenvalue weighted by molar-refractivity contribution is 7.10. The Hall–Kier alpha value is -1.65. The zero-order chi connectivity index (χ0) is 15.8. The van der Waals surface area contributed by atoms with E-state index in [1.54, 1.807) is 11.3 Å². The van der Waals surface area contributed by atoms with Crippen molar-refractivity contribution in [3.05, 3.63) is 57.8 Å². The molecule has 2 rings (SSSR count). The molecule has 1 amide bonds. The highest BCUT2D eigenvalue weighted by Crippen LogP contribution is 2.26. The Morgan fingerprint density at radius 3 is 2.64 bits per heavy atom. The molecule has 0 bridgehead atoms. The maximum Gasteiger partial charge on any atom is 0.222 e. The summed E-state index contributed by atoms with van der Waals surface area (Å²) < 4.78 is 0. The molecule has 3 N–H and O–H groups in total. The molecule has 0 aliphatic rings. The number of aryl methyl sites for hydroxylation is 1. The first-order valence-electron chi connectivity index (χ1n) is 7.86. The molecule has 118 valence electrons. The van der Waals surface area contributed by atoms with Gasteiger partial charge in [0.1, 0.15) is 0 Å². The largest absolute Gasteiger partial charge is 0.344 e. The smallest absolute Gasteiger partial charge is 0.222 e. The first kappa shape index (κ1) is 16.7. The van der Waals surface area contributed by atoms with E-state index in [9.17, 15) is 4.79 Å². The second-order valence-electron chi connectivity index (χ2n) is 5.40. The maximum atomic E-state index is 11.9. The van der Waals surface area contributed by atoms with E-state index in [0.29, 0.717) is 13.0 Å². The van der Waals surface area contributed by atoms with Gasteiger partial charge in [0, 0.05) is 17.8 Å². The van der Waals surface area contributed by atoms with Gasteiger partial charge in [-0.25, -0.2) is 0 Å². The van der Waals surface area contributed by atoms with Gasteiger partial charge in [-0.1, -0.05) is 43.7 Å². The van der Waals surface area contributed by atoms with Crippen LogP contribution in [0.2, 0.25) is 0 Å². The molecule has 0 saturated heterocycles. The van der Waals surface area contributed by atoms with Crippen molar-refractivity contribution in [2.24, 2.45) is 5.73 Å². The normalized spacial score (nSPS) is 12.1. The van der Waals surface area contributed by atoms with E-state index in [4.69, 9.17) is 5.73 Å². The zero-order valence-corrected chi connectivity index (χ0v) is 13.9. The van der Waals surface area contributed by atoms with Crippen LogP contribution in [-0.2, 0) is 11.2 Å². The Labute approximate surface area is 136 Å². The summed E-state index contributed by atoms with van der Waals surface area (Å²) in [6.07, 6.45) is 3.88. The molecule has 1 aromatic heterocycles. The quantitative estimate of drug-likeness (QED) is 0.781. The fraction of sp³-hybridized carbons (Fsp3) is 0.389. The lowest BCUT2D eigenvalue weighted by atomic mass is 10.0. The minimum atomic E-state index is -0.0840. The van der Waals surface area contributed by atoms with Crippen LogP contribution < -0.4 is 11.1 Å². The molecule has 4 heteroatoms. The Kier molecular flexibility index (Phi) is 6.62. The average Bonchev–Trinajstić information content (AvgIpc) is 3.06. The fourth-order valence-corrected chi connectivity index (χ4v) is 3.20. The third-order valence-electron chi connectivity index (χ3n) is 3.64. The van der Waals surface area contributed by atoms with E-state index < -0.39 is 0 Å². The molecule has 3 nitrogen and oxygen atoms in total. The molecule has 22 heavy (non-hydrogen) atoms. The summed E-state index contributed by atoms with van der Waals surface area (Å²) in [7, 11) is 0. The van der Waals surface area contributed by atoms with Crippen molar-refractivity contribution in [2.75, 3.05) is 6.54 Å². The lowest BCUT2D eigenvalue weighted by Crippen LogP contribution is -2.30. The van der Waals surface area contributed by atoms with E-state index >= 15 is 0 Å². The number of carbonyl (C=O) groups excluding carboxylic acids is 1. The van der Waals surface area contributed by atoms with Crippen LogP contribution in [0.5, 0.6) is 0 Å². The summed E-state index contributed by atoms with van der Waals surface area (Å²) in [5, 5.41) is 5.13. The van der Waals surface area contributed by atoms with Crippen molar-refractivity contribution >= 4 is 17.2 Å². The second-order valence-corrected chi connectivity index (χ2v) is 6.38. The molecule has 1 aromatic carbocycles. The number of nitrogens with one attached hydrogen (secondary N) is 1. The highest BCUT2D eigenvalue weighted by Gasteiger charge is 2.17. The minimum Gasteiger partial charge on any atom is -0.344 e. The van der Waals surface area contributed by atoms with Gasteiger partial charge in [-0.15, -0.1) is 11.3 Å². The molecule has 1 unspecified atom stereocenters. The van der Waals surface area contributed by atoms with Gasteiger partial charge in [0.2, 0.25) is 5.91 Å². The SMILES string of the molecule is CCCCc1ccc(C(NC(=O)CCN)c2cccs2)cc1. The highest BCUT2D eigenvalue weighted by atomic mass is 32.1. The number of hydrogen-bond acceptors (Lipinski definition) is 3. The van der Waals surface area contributed by atoms with E-state index in [0.717, 1.165) is 16.9 Å². The summed E-state index contributed by atoms with van der Waals surface area (Å²) in [4.78, 5) is 13.1. The van der Waals surface area contributed by atoms with Crippen LogP contribution in [0.1, 0.15) is 48.2 Å². The molecule has 1 atom stereocenters. The number of unbranched alkanes of at least 4 members (excludes halogenated alkanes) is 1. The number of benzene rings is 1. The van der Waals surface area contributed by atoms with Gasteiger partial charge in [0.15, 0.2) is 0 Å². The van der Waals surface area contributed by atoms with Gasteiger partial charge in [-0.05, 0) is 35.4 Å². The number of thiophene rings is 1. The Bertz CT molecular complexity index is 563. The minimum absolute atomic E-state index is 0.00374. The number of nitrogens with two attached hydrogens (primary N) is 1. The van der Waals surface area contributed by atoms with Crippen LogP contribution in [0.3, 0.4) is 0 Å². The van der Waals surface area contributed by atoms with Crippen molar-refractivity contribution in [3.8, 4) is 0 Å². The fourth-order valence-electron chi connectivity index (χ4n) is 2.40. The molecule has 0 spiro atoms. The Balaban J connectivity index is 2.16. The van der Waals surface area contributed by atoms with Crippen LogP contribution in [0.15, 0.2) is 41.8 Å². The Morgan fingerprint density at radius 2 is 2.05 bits per heavy atom. The lowest BCUT2D eigenvalue weighted by Gasteiger charge is -2.18. The molecule has 0 aliphatic carbocycles. The second kappa shape index (κ2) is 8.71. The monoisotopic (exact) mass is 316 g/mol. The van der Waals surface area contributed by atoms with Crippen LogP contribution in [0, 0.1) is 0 Å². The zero-order valence-electron chi connectivity index (χ0n) is 13.0. The molecule has 1 heterocycles. The molecule has 0 aliphatic heterocycles. The van der Waals surface area contributed by atoms with Crippen molar-refractivity contribution in [1.82, 2.24) is 5.32 Å². The van der Waals surface area contributed by atoms with Crippen LogP contribution in [0.25, 0.3) is 0 Å². The third kappa shape index (κ3) is 4.68. The molecule has 0 radical (unpaired) electrons. The van der Waals surface area contributed by atoms with Gasteiger partial charge in [-0.3, -0.25) is 4.79 Å². The van der Waals surface area contributed by atoms with Gasteiger partial charge < -0.3 is 11.1 Å². The number of amides is 1. The summed E-state index contributed by atoms with van der Waals surface area (Å²) in [6, 6.07) is 12.6. The third-order valence-corrected chi connectivity index (χ3v) is 4.57. The lowest BCUT2D eigenvalue weighted by molar-refractivity contribution is -0.121. The predicted molar refractivity (Wildman–Crippen MR) is 93.0 cm³/mol. The van der Waals surface area contributed by atoms with Crippen molar-refractivity contribution in [1.29, 1.82) is 0 Å². The average molecular weight is 316 g/mol. The van der Waals surface area contributed by atoms with Crippen molar-refractivity contribution in [2.45, 2.75) is 38.6 Å². The molecular weight excluding hydrogens is 292 g/mol. The maximum absolute atomic E-state index is 11.9. The van der Waals surface area contributed by atoms with Crippen LogP contribution in [-0.4, -0.2) is 12.5 Å². The van der Waals surface area contributed by atoms with E-state index in [1.807, 2.05) is 11.4 Å². The van der Waals surface area contributed by atoms with Gasteiger partial charge in [0.05, 0.1) is 6.04 Å². The van der Waals surface area contributed by atoms with Gasteiger partial charge >= 0.3 is 0 Å². The van der Waals surface area contributed by atoms with E-state index in [-0.39, 0.29) is 11.9 Å². The first-order valence-corrected chi connectivity index (χ1v) is 8.74. The standard InChI is InChI=1S/C18H24N2OS/c1-2-3-5-14-7-9-15(10-8-14)18(16-6-4-13-22-16)20-17(21)11-12-19/h4,6-10,13,18H,2-3,5,11-12,19H2,1H3,(H,20,21). The summed E-state index contributed by atoms with van der Waals surface area (Å²) in [5.74, 6) is -0.00374. The van der Waals surface area contributed by atoms with Gasteiger partial charge in [0.25, 0.3) is 0 Å². The van der Waals surface area contributed by atoms with Crippen molar-refractivity contribution < 1.29 is 4.79 Å². The van der Waals surface area contributed by atoms with E-state index in [1.165, 1.54) is 18.4 Å². The van der Waals surface area contributed by atoms with E-state index in [2.05, 4.69) is 42.6 Å². The topological polar surface area (TPSA) is 55.1 Å². The summed E-state index contributed by atoms with van der Waals surface area (Å²) >= 11 is 1.66. The predicted octanol–water partition coefficient (Wildman–Crippen LogP) is 3.65. The molecule has 0 fully saturated rings. The summed E-state index contributed by atoms with van der Waals surface area (Å²) in [5.41, 5.74) is 7.94. The number of carbonyl (C=O) groups is 1. The van der Waals surface area contributed by atoms with Crippen LogP contribution >= 0.6 is 11.3 Å². The van der Waals surface area contributed by atoms with Gasteiger partial charge in [-0.2, -0.15) is 0 Å².